The van der Waals surface area contributed by atoms with Gasteiger partial charge < -0.3 is 14.7 Å². The van der Waals surface area contributed by atoms with Gasteiger partial charge in [-0.05, 0) is 42.1 Å². The number of rotatable bonds is 3. The van der Waals surface area contributed by atoms with E-state index in [2.05, 4.69) is 28.7 Å². The standard InChI is InChI=1S/C19H24IN3O4/c1-3-19(26)15-12-16(20)23(17(24)14(15)13-27-18(19)25)7-5-4-6-22-10-8-21(2)9-11-22/h12,26H,3,6-11,13H2,1-2H3/t19-/m0/s1. The lowest BCUT2D eigenvalue weighted by Crippen LogP contribution is -2.45. The minimum absolute atomic E-state index is 0.110. The van der Waals surface area contributed by atoms with Gasteiger partial charge in [0.05, 0.1) is 22.4 Å². The molecule has 8 heteroatoms. The minimum atomic E-state index is -1.75. The van der Waals surface area contributed by atoms with Gasteiger partial charge in [-0.1, -0.05) is 18.8 Å². The van der Waals surface area contributed by atoms with Crippen molar-refractivity contribution in [1.82, 2.24) is 14.4 Å². The van der Waals surface area contributed by atoms with Gasteiger partial charge in [0, 0.05) is 31.7 Å². The number of aromatic nitrogens is 1. The summed E-state index contributed by atoms with van der Waals surface area (Å²) in [6.07, 6.45) is 0.156. The van der Waals surface area contributed by atoms with E-state index in [0.29, 0.717) is 21.4 Å². The highest BCUT2D eigenvalue weighted by atomic mass is 127. The van der Waals surface area contributed by atoms with Gasteiger partial charge in [-0.15, -0.1) is 0 Å². The molecule has 1 atom stereocenters. The van der Waals surface area contributed by atoms with Crippen LogP contribution in [0.3, 0.4) is 0 Å². The Morgan fingerprint density at radius 2 is 1.89 bits per heavy atom. The van der Waals surface area contributed by atoms with Gasteiger partial charge in [0.15, 0.2) is 5.60 Å². The molecule has 0 aliphatic carbocycles. The van der Waals surface area contributed by atoms with E-state index in [0.717, 1.165) is 26.2 Å². The Kier molecular flexibility index (Phi) is 6.25. The first-order valence-electron chi connectivity index (χ1n) is 9.05. The van der Waals surface area contributed by atoms with E-state index in [1.165, 1.54) is 0 Å². The molecule has 2 aliphatic heterocycles. The molecule has 0 bridgehead atoms. The van der Waals surface area contributed by atoms with Crippen molar-refractivity contribution in [3.8, 4) is 11.8 Å². The molecule has 0 aromatic carbocycles. The van der Waals surface area contributed by atoms with Gasteiger partial charge in [0.1, 0.15) is 6.61 Å². The summed E-state index contributed by atoms with van der Waals surface area (Å²) in [6, 6.07) is 1.70. The van der Waals surface area contributed by atoms with Crippen LogP contribution in [0.15, 0.2) is 10.9 Å². The van der Waals surface area contributed by atoms with Crippen molar-refractivity contribution in [1.29, 1.82) is 0 Å². The first-order valence-corrected chi connectivity index (χ1v) is 10.1. The molecule has 3 rings (SSSR count). The van der Waals surface area contributed by atoms with Crippen LogP contribution in [0, 0.1) is 15.5 Å². The number of pyridine rings is 1. The second kappa shape index (κ2) is 8.31. The van der Waals surface area contributed by atoms with Gasteiger partial charge in [-0.3, -0.25) is 14.3 Å². The summed E-state index contributed by atoms with van der Waals surface area (Å²) in [5.74, 6) is 5.52. The predicted octanol–water partition coefficient (Wildman–Crippen LogP) is 0.358. The van der Waals surface area contributed by atoms with Crippen LogP contribution in [0.4, 0.5) is 0 Å². The third-order valence-electron chi connectivity index (χ3n) is 5.25. The van der Waals surface area contributed by atoms with Crippen molar-refractivity contribution in [2.45, 2.75) is 32.1 Å². The van der Waals surface area contributed by atoms with Crippen molar-refractivity contribution in [2.24, 2.45) is 0 Å². The first kappa shape index (κ1) is 20.3. The fourth-order valence-electron chi connectivity index (χ4n) is 3.33. The number of esters is 1. The maximum absolute atomic E-state index is 12.8. The molecule has 3 heterocycles. The molecule has 1 fully saturated rings. The zero-order valence-corrected chi connectivity index (χ0v) is 17.8. The van der Waals surface area contributed by atoms with Crippen molar-refractivity contribution >= 4 is 28.6 Å². The molecule has 0 spiro atoms. The highest BCUT2D eigenvalue weighted by Crippen LogP contribution is 2.33. The van der Waals surface area contributed by atoms with Crippen LogP contribution in [0.25, 0.3) is 0 Å². The first-order chi connectivity index (χ1) is 12.9. The zero-order chi connectivity index (χ0) is 19.6. The summed E-state index contributed by atoms with van der Waals surface area (Å²) >= 11 is 2.05. The average Bonchev–Trinajstić information content (AvgIpc) is 2.66. The largest absolute Gasteiger partial charge is 0.458 e. The van der Waals surface area contributed by atoms with Crippen molar-refractivity contribution in [2.75, 3.05) is 39.8 Å². The van der Waals surface area contributed by atoms with Crippen LogP contribution >= 0.6 is 22.6 Å². The van der Waals surface area contributed by atoms with Gasteiger partial charge >= 0.3 is 5.97 Å². The molecule has 146 valence electrons. The Bertz CT molecular complexity index is 849. The normalized spacial score (nSPS) is 23.3. The van der Waals surface area contributed by atoms with Crippen molar-refractivity contribution < 1.29 is 14.6 Å². The lowest BCUT2D eigenvalue weighted by Gasteiger charge is -2.31. The summed E-state index contributed by atoms with van der Waals surface area (Å²) in [5.41, 5.74) is -1.32. The average molecular weight is 485 g/mol. The van der Waals surface area contributed by atoms with Crippen LogP contribution in [0.2, 0.25) is 0 Å². The van der Waals surface area contributed by atoms with Crippen LogP contribution in [-0.2, 0) is 28.3 Å². The number of piperazine rings is 1. The number of likely N-dealkylation sites (N-methyl/N-ethyl adjacent to an activating group) is 1. The van der Waals surface area contributed by atoms with E-state index in [1.54, 1.807) is 17.6 Å². The molecule has 1 N–H and O–H groups in total. The number of ether oxygens (including phenoxy) is 1. The second-order valence-corrected chi connectivity index (χ2v) is 8.08. The smallest absolute Gasteiger partial charge is 0.343 e. The van der Waals surface area contributed by atoms with Crippen LogP contribution in [0.5, 0.6) is 0 Å². The molecular weight excluding hydrogens is 461 g/mol. The molecule has 1 saturated heterocycles. The van der Waals surface area contributed by atoms with Crippen molar-refractivity contribution in [3.63, 3.8) is 0 Å². The molecule has 27 heavy (non-hydrogen) atoms. The maximum Gasteiger partial charge on any atom is 0.343 e. The van der Waals surface area contributed by atoms with Gasteiger partial charge in [0.25, 0.3) is 5.56 Å². The minimum Gasteiger partial charge on any atom is -0.458 e. The third-order valence-corrected chi connectivity index (χ3v) is 6.15. The number of nitrogens with zero attached hydrogens (tertiary/aromatic N) is 3. The molecule has 0 saturated carbocycles. The number of aliphatic hydroxyl groups is 1. The van der Waals surface area contributed by atoms with Gasteiger partial charge in [-0.2, -0.15) is 0 Å². The van der Waals surface area contributed by atoms with E-state index in [4.69, 9.17) is 4.74 Å². The zero-order valence-electron chi connectivity index (χ0n) is 15.6. The highest BCUT2D eigenvalue weighted by molar-refractivity contribution is 14.1. The van der Waals surface area contributed by atoms with E-state index in [1.807, 2.05) is 22.6 Å². The number of fused-ring (bicyclic) bond motifs is 1. The number of cyclic esters (lactones) is 1. The number of carbonyl (C=O) groups excluding carboxylic acids is 1. The summed E-state index contributed by atoms with van der Waals surface area (Å²) in [4.78, 5) is 29.4. The number of halogens is 1. The molecule has 1 aromatic heterocycles. The van der Waals surface area contributed by atoms with Gasteiger partial charge in [0.2, 0.25) is 0 Å². The molecular formula is C19H24IN3O4. The van der Waals surface area contributed by atoms with E-state index < -0.39 is 11.6 Å². The lowest BCUT2D eigenvalue weighted by atomic mass is 9.87. The molecule has 2 aliphatic rings. The number of carbonyl (C=O) groups is 1. The third kappa shape index (κ3) is 4.06. The monoisotopic (exact) mass is 485 g/mol. The summed E-state index contributed by atoms with van der Waals surface area (Å²) in [6.45, 7) is 6.64. The Labute approximate surface area is 172 Å². The number of hydrogen-bond acceptors (Lipinski definition) is 6. The van der Waals surface area contributed by atoms with Gasteiger partial charge in [-0.25, -0.2) is 4.79 Å². The number of hydrogen-bond donors (Lipinski definition) is 1. The SMILES string of the molecule is CC[C@@]1(O)C(=O)OCc2c1cc(I)n(CC#CCN1CCN(C)CC1)c2=O. The molecule has 0 unspecified atom stereocenters. The summed E-state index contributed by atoms with van der Waals surface area (Å²) in [5, 5.41) is 10.7. The Hall–Kier alpha value is -1.41. The molecule has 7 nitrogen and oxygen atoms in total. The van der Waals surface area contributed by atoms with Crippen LogP contribution < -0.4 is 5.56 Å². The summed E-state index contributed by atoms with van der Waals surface area (Å²) in [7, 11) is 2.12. The molecule has 0 amide bonds. The Balaban J connectivity index is 1.78. The quantitative estimate of drug-likeness (QED) is 0.289. The van der Waals surface area contributed by atoms with Crippen molar-refractivity contribution in [3.05, 3.63) is 31.2 Å². The fourth-order valence-corrected chi connectivity index (χ4v) is 4.03. The molecule has 1 aromatic rings. The highest BCUT2D eigenvalue weighted by Gasteiger charge is 2.44. The topological polar surface area (TPSA) is 75.0 Å². The Morgan fingerprint density at radius 1 is 1.22 bits per heavy atom. The summed E-state index contributed by atoms with van der Waals surface area (Å²) < 4.78 is 7.26. The van der Waals surface area contributed by atoms with E-state index >= 15 is 0 Å². The molecule has 0 radical (unpaired) electrons. The predicted molar refractivity (Wildman–Crippen MR) is 109 cm³/mol. The lowest BCUT2D eigenvalue weighted by molar-refractivity contribution is -0.172. The maximum atomic E-state index is 12.8. The van der Waals surface area contributed by atoms with E-state index in [-0.39, 0.29) is 25.1 Å². The van der Waals surface area contributed by atoms with Crippen LogP contribution in [0.1, 0.15) is 24.5 Å². The van der Waals surface area contributed by atoms with Crippen LogP contribution in [-0.4, -0.2) is 65.2 Å². The van der Waals surface area contributed by atoms with E-state index in [9.17, 15) is 14.7 Å². The second-order valence-electron chi connectivity index (χ2n) is 6.97. The Morgan fingerprint density at radius 3 is 2.56 bits per heavy atom. The fraction of sp³-hybridized carbons (Fsp3) is 0.579.